The van der Waals surface area contributed by atoms with E-state index in [4.69, 9.17) is 4.74 Å². The number of para-hydroxylation sites is 1. The number of amides is 1. The molecule has 0 saturated carbocycles. The Morgan fingerprint density at radius 2 is 1.59 bits per heavy atom. The number of nitro benzene ring substituents is 1. The first kappa shape index (κ1) is 20.2. The van der Waals surface area contributed by atoms with E-state index in [0.29, 0.717) is 18.8 Å². The second kappa shape index (κ2) is 9.61. The molecule has 1 amide bonds. The van der Waals surface area contributed by atoms with Crippen LogP contribution in [0.15, 0.2) is 72.8 Å². The molecule has 1 N–H and O–H groups in total. The number of rotatable bonds is 8. The number of hydrogen-bond donors (Lipinski definition) is 1. The van der Waals surface area contributed by atoms with Crippen molar-refractivity contribution in [3.05, 3.63) is 111 Å². The molecule has 0 spiro atoms. The number of carbonyl (C=O) groups is 1. The van der Waals surface area contributed by atoms with Crippen molar-refractivity contribution in [2.45, 2.75) is 26.7 Å². The van der Waals surface area contributed by atoms with Crippen LogP contribution in [0.4, 0.5) is 5.69 Å². The predicted molar refractivity (Wildman–Crippen MR) is 110 cm³/mol. The van der Waals surface area contributed by atoms with Crippen LogP contribution in [0.1, 0.15) is 32.6 Å². The third-order valence-corrected chi connectivity index (χ3v) is 4.49. The van der Waals surface area contributed by atoms with Gasteiger partial charge in [0.1, 0.15) is 5.56 Å². The molecule has 3 aromatic carbocycles. The van der Waals surface area contributed by atoms with Gasteiger partial charge in [-0.25, -0.2) is 0 Å². The molecule has 0 atom stereocenters. The van der Waals surface area contributed by atoms with Crippen molar-refractivity contribution < 1.29 is 14.5 Å². The molecule has 29 heavy (non-hydrogen) atoms. The van der Waals surface area contributed by atoms with E-state index in [9.17, 15) is 14.9 Å². The standard InChI is InChI=1S/C23H22N2O4/c1-17-7-5-12-21(22(17)25(27)28)23(26)24-14-19-10-6-11-20(13-19)16-29-15-18-8-3-2-4-9-18/h2-13H,14-16H2,1H3,(H,24,26). The lowest BCUT2D eigenvalue weighted by molar-refractivity contribution is -0.385. The first-order chi connectivity index (χ1) is 14.0. The largest absolute Gasteiger partial charge is 0.372 e. The lowest BCUT2D eigenvalue weighted by Crippen LogP contribution is -2.24. The minimum atomic E-state index is -0.519. The summed E-state index contributed by atoms with van der Waals surface area (Å²) in [7, 11) is 0. The van der Waals surface area contributed by atoms with E-state index in [0.717, 1.165) is 16.7 Å². The number of ether oxygens (including phenoxy) is 1. The summed E-state index contributed by atoms with van der Waals surface area (Å²) in [5, 5.41) is 14.0. The number of hydrogen-bond acceptors (Lipinski definition) is 4. The van der Waals surface area contributed by atoms with Gasteiger partial charge in [-0.15, -0.1) is 0 Å². The fourth-order valence-corrected chi connectivity index (χ4v) is 3.05. The Bertz CT molecular complexity index is 1000. The van der Waals surface area contributed by atoms with Crippen LogP contribution < -0.4 is 5.32 Å². The quantitative estimate of drug-likeness (QED) is 0.452. The monoisotopic (exact) mass is 390 g/mol. The van der Waals surface area contributed by atoms with Crippen LogP contribution in [0.5, 0.6) is 0 Å². The minimum absolute atomic E-state index is 0.0670. The van der Waals surface area contributed by atoms with Gasteiger partial charge in [-0.05, 0) is 29.7 Å². The molecule has 0 aromatic heterocycles. The zero-order valence-electron chi connectivity index (χ0n) is 16.1. The van der Waals surface area contributed by atoms with Gasteiger partial charge in [-0.2, -0.15) is 0 Å². The van der Waals surface area contributed by atoms with E-state index in [-0.39, 0.29) is 17.8 Å². The maximum Gasteiger partial charge on any atom is 0.285 e. The fraction of sp³-hybridized carbons (Fsp3) is 0.174. The maximum absolute atomic E-state index is 12.5. The molecule has 3 rings (SSSR count). The van der Waals surface area contributed by atoms with Crippen molar-refractivity contribution in [2.24, 2.45) is 0 Å². The van der Waals surface area contributed by atoms with Crippen LogP contribution in [-0.4, -0.2) is 10.8 Å². The molecule has 6 heteroatoms. The fourth-order valence-electron chi connectivity index (χ4n) is 3.05. The Kier molecular flexibility index (Phi) is 6.71. The highest BCUT2D eigenvalue weighted by Gasteiger charge is 2.22. The van der Waals surface area contributed by atoms with Gasteiger partial charge in [-0.1, -0.05) is 66.7 Å². The normalized spacial score (nSPS) is 10.5. The highest BCUT2D eigenvalue weighted by Crippen LogP contribution is 2.23. The van der Waals surface area contributed by atoms with Crippen LogP contribution in [0.25, 0.3) is 0 Å². The Morgan fingerprint density at radius 1 is 0.931 bits per heavy atom. The van der Waals surface area contributed by atoms with E-state index in [1.54, 1.807) is 19.1 Å². The maximum atomic E-state index is 12.5. The van der Waals surface area contributed by atoms with Crippen molar-refractivity contribution in [2.75, 3.05) is 0 Å². The smallest absolute Gasteiger partial charge is 0.285 e. The van der Waals surface area contributed by atoms with Crippen molar-refractivity contribution in [1.29, 1.82) is 0 Å². The Labute approximate surface area is 169 Å². The number of nitrogens with one attached hydrogen (secondary N) is 1. The van der Waals surface area contributed by atoms with E-state index >= 15 is 0 Å². The molecule has 0 radical (unpaired) electrons. The first-order valence-electron chi connectivity index (χ1n) is 9.26. The molecule has 0 aliphatic carbocycles. The second-order valence-corrected chi connectivity index (χ2v) is 6.71. The van der Waals surface area contributed by atoms with Gasteiger partial charge in [0.25, 0.3) is 11.6 Å². The topological polar surface area (TPSA) is 81.5 Å². The molecule has 0 fully saturated rings. The molecule has 0 heterocycles. The van der Waals surface area contributed by atoms with E-state index < -0.39 is 10.8 Å². The molecule has 6 nitrogen and oxygen atoms in total. The summed E-state index contributed by atoms with van der Waals surface area (Å²) in [6, 6.07) is 22.4. The van der Waals surface area contributed by atoms with E-state index in [2.05, 4.69) is 5.32 Å². The number of nitrogens with zero attached hydrogens (tertiary/aromatic N) is 1. The zero-order valence-corrected chi connectivity index (χ0v) is 16.1. The lowest BCUT2D eigenvalue weighted by atomic mass is 10.1. The Hall–Kier alpha value is -3.51. The number of aryl methyl sites for hydroxylation is 1. The number of carbonyl (C=O) groups excluding carboxylic acids is 1. The summed E-state index contributed by atoms with van der Waals surface area (Å²) >= 11 is 0. The predicted octanol–water partition coefficient (Wildman–Crippen LogP) is 4.55. The molecule has 0 aliphatic rings. The molecule has 0 bridgehead atoms. The van der Waals surface area contributed by atoms with Crippen LogP contribution >= 0.6 is 0 Å². The van der Waals surface area contributed by atoms with Crippen LogP contribution in [0, 0.1) is 17.0 Å². The second-order valence-electron chi connectivity index (χ2n) is 6.71. The van der Waals surface area contributed by atoms with Gasteiger partial charge >= 0.3 is 0 Å². The molecule has 3 aromatic rings. The minimum Gasteiger partial charge on any atom is -0.372 e. The van der Waals surface area contributed by atoms with E-state index in [1.165, 1.54) is 6.07 Å². The van der Waals surface area contributed by atoms with E-state index in [1.807, 2.05) is 54.6 Å². The summed E-state index contributed by atoms with van der Waals surface area (Å²) in [5.74, 6) is -0.467. The summed E-state index contributed by atoms with van der Waals surface area (Å²) in [5.41, 5.74) is 3.37. The molecule has 0 saturated heterocycles. The summed E-state index contributed by atoms with van der Waals surface area (Å²) < 4.78 is 5.75. The summed E-state index contributed by atoms with van der Waals surface area (Å²) in [6.07, 6.45) is 0. The van der Waals surface area contributed by atoms with Crippen molar-refractivity contribution >= 4 is 11.6 Å². The third-order valence-electron chi connectivity index (χ3n) is 4.49. The van der Waals surface area contributed by atoms with Gasteiger partial charge in [0.15, 0.2) is 0 Å². The molecule has 148 valence electrons. The van der Waals surface area contributed by atoms with Crippen LogP contribution in [0.2, 0.25) is 0 Å². The lowest BCUT2D eigenvalue weighted by Gasteiger charge is -2.09. The summed E-state index contributed by atoms with van der Waals surface area (Å²) in [4.78, 5) is 23.2. The van der Waals surface area contributed by atoms with Gasteiger partial charge < -0.3 is 10.1 Å². The third kappa shape index (κ3) is 5.49. The highest BCUT2D eigenvalue weighted by atomic mass is 16.6. The average molecular weight is 390 g/mol. The summed E-state index contributed by atoms with van der Waals surface area (Å²) in [6.45, 7) is 2.88. The number of benzene rings is 3. The van der Waals surface area contributed by atoms with Crippen molar-refractivity contribution in [1.82, 2.24) is 5.32 Å². The van der Waals surface area contributed by atoms with Gasteiger partial charge in [0.2, 0.25) is 0 Å². The Morgan fingerprint density at radius 3 is 2.34 bits per heavy atom. The Balaban J connectivity index is 1.59. The average Bonchev–Trinajstić information content (AvgIpc) is 2.72. The van der Waals surface area contributed by atoms with Crippen molar-refractivity contribution in [3.63, 3.8) is 0 Å². The van der Waals surface area contributed by atoms with Crippen LogP contribution in [-0.2, 0) is 24.5 Å². The van der Waals surface area contributed by atoms with Gasteiger partial charge in [0, 0.05) is 12.1 Å². The van der Waals surface area contributed by atoms with Crippen LogP contribution in [0.3, 0.4) is 0 Å². The molecular weight excluding hydrogens is 368 g/mol. The molecular formula is C23H22N2O4. The van der Waals surface area contributed by atoms with Gasteiger partial charge in [-0.3, -0.25) is 14.9 Å². The SMILES string of the molecule is Cc1cccc(C(=O)NCc2cccc(COCc3ccccc3)c2)c1[N+](=O)[O-]. The zero-order chi connectivity index (χ0) is 20.6. The van der Waals surface area contributed by atoms with Crippen molar-refractivity contribution in [3.8, 4) is 0 Å². The number of nitro groups is 1. The first-order valence-corrected chi connectivity index (χ1v) is 9.26. The van der Waals surface area contributed by atoms with Gasteiger partial charge in [0.05, 0.1) is 18.1 Å². The molecule has 0 unspecified atom stereocenters. The highest BCUT2D eigenvalue weighted by molar-refractivity contribution is 5.98. The molecule has 0 aliphatic heterocycles.